The van der Waals surface area contributed by atoms with Crippen molar-refractivity contribution in [3.63, 3.8) is 0 Å². The second-order valence-corrected chi connectivity index (χ2v) is 6.41. The van der Waals surface area contributed by atoms with Crippen molar-refractivity contribution in [3.8, 4) is 0 Å². The van der Waals surface area contributed by atoms with Gasteiger partial charge in [0.1, 0.15) is 0 Å². The molecule has 5 nitrogen and oxygen atoms in total. The Morgan fingerprint density at radius 2 is 1.85 bits per heavy atom. The van der Waals surface area contributed by atoms with E-state index in [0.29, 0.717) is 16.8 Å². The Bertz CT molecular complexity index is 774. The number of halogens is 1. The standard InChI is InChI=1S/C20H23N3O2.ClH/c1-14-8-9-16(20(25)23(2)17-10-11-21-13-17)12-18(14)22-19(24)15-6-4-3-5-7-15;/h3-9,12,17,21H,10-11,13H2,1-2H3,(H,22,24);1H. The van der Waals surface area contributed by atoms with Crippen LogP contribution in [0.2, 0.25) is 0 Å². The van der Waals surface area contributed by atoms with Crippen molar-refractivity contribution < 1.29 is 9.59 Å². The molecule has 1 heterocycles. The van der Waals surface area contributed by atoms with E-state index in [1.807, 2.05) is 44.3 Å². The van der Waals surface area contributed by atoms with Gasteiger partial charge in [-0.2, -0.15) is 0 Å². The smallest absolute Gasteiger partial charge is 0.255 e. The maximum Gasteiger partial charge on any atom is 0.255 e. The fourth-order valence-electron chi connectivity index (χ4n) is 3.01. The third kappa shape index (κ3) is 4.42. The summed E-state index contributed by atoms with van der Waals surface area (Å²) >= 11 is 0. The van der Waals surface area contributed by atoms with Gasteiger partial charge in [0.2, 0.25) is 0 Å². The highest BCUT2D eigenvalue weighted by molar-refractivity contribution is 6.05. The van der Waals surface area contributed by atoms with Crippen LogP contribution in [0.25, 0.3) is 0 Å². The van der Waals surface area contributed by atoms with Gasteiger partial charge in [-0.15, -0.1) is 12.4 Å². The molecule has 2 N–H and O–H groups in total. The Balaban J connectivity index is 0.00000243. The van der Waals surface area contributed by atoms with Gasteiger partial charge in [0.05, 0.1) is 0 Å². The van der Waals surface area contributed by atoms with Gasteiger partial charge in [-0.3, -0.25) is 9.59 Å². The van der Waals surface area contributed by atoms with Crippen molar-refractivity contribution in [1.29, 1.82) is 0 Å². The fourth-order valence-corrected chi connectivity index (χ4v) is 3.01. The lowest BCUT2D eigenvalue weighted by atomic mass is 10.1. The third-order valence-corrected chi connectivity index (χ3v) is 4.67. The maximum atomic E-state index is 12.7. The monoisotopic (exact) mass is 373 g/mol. The molecule has 0 aromatic heterocycles. The van der Waals surface area contributed by atoms with Crippen LogP contribution in [0, 0.1) is 6.92 Å². The van der Waals surface area contributed by atoms with Crippen LogP contribution in [0.15, 0.2) is 48.5 Å². The van der Waals surface area contributed by atoms with E-state index in [1.165, 1.54) is 0 Å². The average Bonchev–Trinajstić information content (AvgIpc) is 3.17. The average molecular weight is 374 g/mol. The molecule has 26 heavy (non-hydrogen) atoms. The van der Waals surface area contributed by atoms with Gasteiger partial charge in [-0.05, 0) is 49.7 Å². The second kappa shape index (κ2) is 8.83. The third-order valence-electron chi connectivity index (χ3n) is 4.67. The van der Waals surface area contributed by atoms with Crippen LogP contribution in [0.3, 0.4) is 0 Å². The number of hydrogen-bond donors (Lipinski definition) is 2. The highest BCUT2D eigenvalue weighted by Gasteiger charge is 2.24. The second-order valence-electron chi connectivity index (χ2n) is 6.41. The number of nitrogens with zero attached hydrogens (tertiary/aromatic N) is 1. The molecule has 1 saturated heterocycles. The Hall–Kier alpha value is -2.37. The predicted molar refractivity (Wildman–Crippen MR) is 106 cm³/mol. The van der Waals surface area contributed by atoms with Gasteiger partial charge in [0.15, 0.2) is 0 Å². The number of likely N-dealkylation sites (N-methyl/N-ethyl adjacent to an activating group) is 1. The molecule has 0 bridgehead atoms. The summed E-state index contributed by atoms with van der Waals surface area (Å²) in [4.78, 5) is 26.9. The number of hydrogen-bond acceptors (Lipinski definition) is 3. The predicted octanol–water partition coefficient (Wildman–Crippen LogP) is 3.10. The van der Waals surface area contributed by atoms with Crippen LogP contribution in [-0.4, -0.2) is 42.9 Å². The molecule has 2 aromatic rings. The first-order valence-electron chi connectivity index (χ1n) is 8.51. The minimum Gasteiger partial charge on any atom is -0.337 e. The Morgan fingerprint density at radius 3 is 2.50 bits per heavy atom. The van der Waals surface area contributed by atoms with Gasteiger partial charge in [-0.25, -0.2) is 0 Å². The molecule has 1 unspecified atom stereocenters. The van der Waals surface area contributed by atoms with Crippen LogP contribution >= 0.6 is 12.4 Å². The molecule has 1 fully saturated rings. The van der Waals surface area contributed by atoms with Gasteiger partial charge >= 0.3 is 0 Å². The molecular formula is C20H24ClN3O2. The van der Waals surface area contributed by atoms with Crippen LogP contribution in [0.5, 0.6) is 0 Å². The molecule has 0 spiro atoms. The molecule has 0 saturated carbocycles. The van der Waals surface area contributed by atoms with E-state index >= 15 is 0 Å². The van der Waals surface area contributed by atoms with Crippen LogP contribution < -0.4 is 10.6 Å². The van der Waals surface area contributed by atoms with Crippen molar-refractivity contribution in [3.05, 3.63) is 65.2 Å². The molecule has 1 atom stereocenters. The van der Waals surface area contributed by atoms with E-state index < -0.39 is 0 Å². The summed E-state index contributed by atoms with van der Waals surface area (Å²) in [7, 11) is 1.84. The van der Waals surface area contributed by atoms with Crippen molar-refractivity contribution in [2.24, 2.45) is 0 Å². The van der Waals surface area contributed by atoms with Crippen molar-refractivity contribution in [1.82, 2.24) is 10.2 Å². The quantitative estimate of drug-likeness (QED) is 0.865. The molecule has 1 aliphatic heterocycles. The number of carbonyl (C=O) groups excluding carboxylic acids is 2. The van der Waals surface area contributed by atoms with Crippen LogP contribution in [0.4, 0.5) is 5.69 Å². The minimum absolute atomic E-state index is 0. The van der Waals surface area contributed by atoms with Gasteiger partial charge in [-0.1, -0.05) is 24.3 Å². The Kier molecular flexibility index (Phi) is 6.77. The van der Waals surface area contributed by atoms with E-state index in [9.17, 15) is 9.59 Å². The first-order valence-corrected chi connectivity index (χ1v) is 8.51. The number of amides is 2. The van der Waals surface area contributed by atoms with Crippen molar-refractivity contribution >= 4 is 29.9 Å². The minimum atomic E-state index is -0.179. The summed E-state index contributed by atoms with van der Waals surface area (Å²) in [5.74, 6) is -0.203. The normalized spacial score (nSPS) is 15.8. The highest BCUT2D eigenvalue weighted by Crippen LogP contribution is 2.20. The lowest BCUT2D eigenvalue weighted by Crippen LogP contribution is -2.38. The van der Waals surface area contributed by atoms with E-state index in [2.05, 4.69) is 10.6 Å². The van der Waals surface area contributed by atoms with Crippen LogP contribution in [-0.2, 0) is 0 Å². The molecule has 3 rings (SSSR count). The molecular weight excluding hydrogens is 350 g/mol. The van der Waals surface area contributed by atoms with E-state index in [0.717, 1.165) is 25.1 Å². The fraction of sp³-hybridized carbons (Fsp3) is 0.300. The zero-order valence-electron chi connectivity index (χ0n) is 15.0. The molecule has 0 aliphatic carbocycles. The Morgan fingerprint density at radius 1 is 1.12 bits per heavy atom. The summed E-state index contributed by atoms with van der Waals surface area (Å²) in [6.07, 6.45) is 0.964. The van der Waals surface area contributed by atoms with E-state index in [4.69, 9.17) is 0 Å². The zero-order valence-corrected chi connectivity index (χ0v) is 15.8. The molecule has 1 aliphatic rings. The number of carbonyl (C=O) groups is 2. The van der Waals surface area contributed by atoms with Crippen LogP contribution in [0.1, 0.15) is 32.7 Å². The molecule has 0 radical (unpaired) electrons. The lowest BCUT2D eigenvalue weighted by molar-refractivity contribution is 0.0743. The SMILES string of the molecule is Cc1ccc(C(=O)N(C)C2CCNC2)cc1NC(=O)c1ccccc1.Cl. The maximum absolute atomic E-state index is 12.7. The van der Waals surface area contributed by atoms with E-state index in [1.54, 1.807) is 23.1 Å². The summed E-state index contributed by atoms with van der Waals surface area (Å²) in [5, 5.41) is 6.18. The van der Waals surface area contributed by atoms with Crippen molar-refractivity contribution in [2.45, 2.75) is 19.4 Å². The van der Waals surface area contributed by atoms with Crippen molar-refractivity contribution in [2.75, 3.05) is 25.5 Å². The number of benzene rings is 2. The number of aryl methyl sites for hydroxylation is 1. The first kappa shape index (κ1) is 19.9. The van der Waals surface area contributed by atoms with Gasteiger partial charge < -0.3 is 15.5 Å². The summed E-state index contributed by atoms with van der Waals surface area (Å²) in [6.45, 7) is 3.68. The number of nitrogens with one attached hydrogen (secondary N) is 2. The Labute approximate surface area is 160 Å². The largest absolute Gasteiger partial charge is 0.337 e. The molecule has 2 aromatic carbocycles. The molecule has 2 amide bonds. The molecule has 138 valence electrons. The number of anilines is 1. The van der Waals surface area contributed by atoms with E-state index in [-0.39, 0.29) is 30.3 Å². The lowest BCUT2D eigenvalue weighted by Gasteiger charge is -2.24. The zero-order chi connectivity index (χ0) is 17.8. The molecule has 6 heteroatoms. The highest BCUT2D eigenvalue weighted by atomic mass is 35.5. The summed E-state index contributed by atoms with van der Waals surface area (Å²) in [6, 6.07) is 14.7. The van der Waals surface area contributed by atoms with Gasteiger partial charge in [0.25, 0.3) is 11.8 Å². The first-order chi connectivity index (χ1) is 12.1. The van der Waals surface area contributed by atoms with Gasteiger partial charge in [0, 0.05) is 36.4 Å². The topological polar surface area (TPSA) is 61.4 Å². The number of rotatable bonds is 4. The summed E-state index contributed by atoms with van der Waals surface area (Å²) in [5.41, 5.74) is 2.76. The summed E-state index contributed by atoms with van der Waals surface area (Å²) < 4.78 is 0.